The van der Waals surface area contributed by atoms with Crippen LogP contribution in [-0.2, 0) is 9.59 Å². The van der Waals surface area contributed by atoms with E-state index in [1.165, 1.54) is 0 Å². The van der Waals surface area contributed by atoms with Crippen molar-refractivity contribution in [1.82, 2.24) is 10.2 Å². The Morgan fingerprint density at radius 3 is 2.33 bits per heavy atom. The molecule has 0 spiro atoms. The monoisotopic (exact) mass is 252 g/mol. The molecule has 2 fully saturated rings. The lowest BCUT2D eigenvalue weighted by Gasteiger charge is -2.43. The third kappa shape index (κ3) is 2.02. The number of carbonyl (C=O) groups is 2. The summed E-state index contributed by atoms with van der Waals surface area (Å²) >= 11 is 0. The minimum absolute atomic E-state index is 0.0302. The van der Waals surface area contributed by atoms with Gasteiger partial charge < -0.3 is 10.2 Å². The summed E-state index contributed by atoms with van der Waals surface area (Å²) in [6.45, 7) is 10.7. The van der Waals surface area contributed by atoms with Crippen molar-refractivity contribution in [2.45, 2.75) is 59.0 Å². The summed E-state index contributed by atoms with van der Waals surface area (Å²) in [5, 5.41) is 2.86. The summed E-state index contributed by atoms with van der Waals surface area (Å²) in [6.07, 6.45) is 1.78. The fourth-order valence-electron chi connectivity index (χ4n) is 2.67. The van der Waals surface area contributed by atoms with Crippen LogP contribution in [0.5, 0.6) is 0 Å². The first-order valence-corrected chi connectivity index (χ1v) is 6.84. The van der Waals surface area contributed by atoms with Crippen LogP contribution >= 0.6 is 0 Å². The van der Waals surface area contributed by atoms with Crippen LogP contribution in [0.15, 0.2) is 0 Å². The first kappa shape index (κ1) is 13.4. The van der Waals surface area contributed by atoms with Crippen LogP contribution in [0.2, 0.25) is 0 Å². The Hall–Kier alpha value is -1.06. The van der Waals surface area contributed by atoms with Crippen LogP contribution < -0.4 is 5.32 Å². The molecule has 2 aliphatic rings. The minimum Gasteiger partial charge on any atom is -0.340 e. The topological polar surface area (TPSA) is 49.4 Å². The van der Waals surface area contributed by atoms with Crippen LogP contribution in [0, 0.1) is 11.3 Å². The van der Waals surface area contributed by atoms with Gasteiger partial charge in [-0.15, -0.1) is 0 Å². The molecular formula is C14H24N2O2. The van der Waals surface area contributed by atoms with E-state index in [2.05, 4.69) is 19.2 Å². The van der Waals surface area contributed by atoms with Crippen LogP contribution in [0.3, 0.4) is 0 Å². The fourth-order valence-corrected chi connectivity index (χ4v) is 2.67. The van der Waals surface area contributed by atoms with Crippen molar-refractivity contribution in [3.05, 3.63) is 0 Å². The highest BCUT2D eigenvalue weighted by Gasteiger charge is 2.51. The second-order valence-corrected chi connectivity index (χ2v) is 6.70. The van der Waals surface area contributed by atoms with Crippen LogP contribution in [-0.4, -0.2) is 34.8 Å². The van der Waals surface area contributed by atoms with Gasteiger partial charge in [0.2, 0.25) is 11.8 Å². The summed E-state index contributed by atoms with van der Waals surface area (Å²) in [5.74, 6) is 0.577. The van der Waals surface area contributed by atoms with Gasteiger partial charge in [0.15, 0.2) is 0 Å². The van der Waals surface area contributed by atoms with Crippen LogP contribution in [0.4, 0.5) is 0 Å². The highest BCUT2D eigenvalue weighted by Crippen LogP contribution is 2.52. The predicted octanol–water partition coefficient (Wildman–Crippen LogP) is 1.55. The van der Waals surface area contributed by atoms with E-state index >= 15 is 0 Å². The molecule has 1 heterocycles. The fraction of sp³-hybridized carbons (Fsp3) is 0.857. The molecule has 1 N–H and O–H groups in total. The Morgan fingerprint density at radius 2 is 1.89 bits per heavy atom. The summed E-state index contributed by atoms with van der Waals surface area (Å²) in [5.41, 5.74) is -0.390. The van der Waals surface area contributed by atoms with Crippen molar-refractivity contribution in [3.8, 4) is 0 Å². The van der Waals surface area contributed by atoms with Crippen molar-refractivity contribution in [2.75, 3.05) is 6.54 Å². The Balaban J connectivity index is 2.16. The van der Waals surface area contributed by atoms with E-state index in [0.717, 1.165) is 13.0 Å². The van der Waals surface area contributed by atoms with Gasteiger partial charge in [-0.05, 0) is 38.0 Å². The summed E-state index contributed by atoms with van der Waals surface area (Å²) in [4.78, 5) is 26.3. The quantitative estimate of drug-likeness (QED) is 0.828. The van der Waals surface area contributed by atoms with E-state index in [0.29, 0.717) is 17.8 Å². The van der Waals surface area contributed by atoms with Crippen molar-refractivity contribution in [2.24, 2.45) is 11.3 Å². The van der Waals surface area contributed by atoms with E-state index < -0.39 is 5.54 Å². The normalized spacial score (nSPS) is 38.6. The maximum Gasteiger partial charge on any atom is 0.248 e. The molecule has 102 valence electrons. The highest BCUT2D eigenvalue weighted by atomic mass is 16.2. The number of piperazine rings is 1. The van der Waals surface area contributed by atoms with Crippen LogP contribution in [0.1, 0.15) is 47.5 Å². The second-order valence-electron chi connectivity index (χ2n) is 6.70. The SMILES string of the molecule is CCC1(C)NC(=O)C(C)N(CC2CC2(C)C)C1=O. The van der Waals surface area contributed by atoms with E-state index in [4.69, 9.17) is 0 Å². The maximum absolute atomic E-state index is 12.5. The van der Waals surface area contributed by atoms with Gasteiger partial charge in [0.25, 0.3) is 0 Å². The number of nitrogens with one attached hydrogen (secondary N) is 1. The van der Waals surface area contributed by atoms with Gasteiger partial charge in [-0.3, -0.25) is 9.59 Å². The molecule has 0 aromatic rings. The molecule has 2 rings (SSSR count). The summed E-state index contributed by atoms with van der Waals surface area (Å²) < 4.78 is 0. The molecule has 1 aliphatic carbocycles. The van der Waals surface area contributed by atoms with E-state index in [9.17, 15) is 9.59 Å². The first-order chi connectivity index (χ1) is 8.21. The molecule has 0 aromatic carbocycles. The van der Waals surface area contributed by atoms with E-state index in [1.807, 2.05) is 20.8 Å². The Bertz CT molecular complexity index is 391. The summed E-state index contributed by atoms with van der Waals surface area (Å²) in [6, 6.07) is -0.339. The Kier molecular flexibility index (Phi) is 2.95. The average Bonchev–Trinajstić information content (AvgIpc) is 2.90. The van der Waals surface area contributed by atoms with Gasteiger partial charge in [0, 0.05) is 6.54 Å². The molecular weight excluding hydrogens is 228 g/mol. The molecule has 4 heteroatoms. The zero-order chi connectivity index (χ0) is 13.7. The minimum atomic E-state index is -0.720. The zero-order valence-electron chi connectivity index (χ0n) is 12.0. The standard InChI is InChI=1S/C14H24N2O2/c1-6-14(5)12(18)16(9(2)11(17)15-14)8-10-7-13(10,3)4/h9-10H,6-8H2,1-5H3,(H,15,17). The van der Waals surface area contributed by atoms with Gasteiger partial charge in [0.05, 0.1) is 0 Å². The van der Waals surface area contributed by atoms with Crippen molar-refractivity contribution >= 4 is 11.8 Å². The second kappa shape index (κ2) is 3.97. The molecule has 1 saturated carbocycles. The molecule has 3 atom stereocenters. The van der Waals surface area contributed by atoms with Gasteiger partial charge >= 0.3 is 0 Å². The smallest absolute Gasteiger partial charge is 0.248 e. The molecule has 0 radical (unpaired) electrons. The van der Waals surface area contributed by atoms with Gasteiger partial charge in [-0.1, -0.05) is 20.8 Å². The number of nitrogens with zero attached hydrogens (tertiary/aromatic N) is 1. The molecule has 0 aromatic heterocycles. The number of carbonyl (C=O) groups excluding carboxylic acids is 2. The van der Waals surface area contributed by atoms with Gasteiger partial charge in [-0.2, -0.15) is 0 Å². The molecule has 2 amide bonds. The number of hydrogen-bond donors (Lipinski definition) is 1. The molecule has 0 bridgehead atoms. The molecule has 4 nitrogen and oxygen atoms in total. The Morgan fingerprint density at radius 1 is 1.33 bits per heavy atom. The largest absolute Gasteiger partial charge is 0.340 e. The number of rotatable bonds is 3. The molecule has 18 heavy (non-hydrogen) atoms. The first-order valence-electron chi connectivity index (χ1n) is 6.84. The van der Waals surface area contributed by atoms with Crippen molar-refractivity contribution in [1.29, 1.82) is 0 Å². The summed E-state index contributed by atoms with van der Waals surface area (Å²) in [7, 11) is 0. The highest BCUT2D eigenvalue weighted by molar-refractivity contribution is 5.99. The number of amides is 2. The zero-order valence-corrected chi connectivity index (χ0v) is 12.0. The predicted molar refractivity (Wildman–Crippen MR) is 69.9 cm³/mol. The number of hydrogen-bond acceptors (Lipinski definition) is 2. The van der Waals surface area contributed by atoms with E-state index in [-0.39, 0.29) is 17.9 Å². The van der Waals surface area contributed by atoms with Gasteiger partial charge in [-0.25, -0.2) is 0 Å². The lowest BCUT2D eigenvalue weighted by Crippen LogP contribution is -2.68. The lowest BCUT2D eigenvalue weighted by atomic mass is 9.92. The molecule has 1 saturated heterocycles. The molecule has 1 aliphatic heterocycles. The average molecular weight is 252 g/mol. The Labute approximate surface area is 109 Å². The lowest BCUT2D eigenvalue weighted by molar-refractivity contribution is -0.154. The third-order valence-corrected chi connectivity index (χ3v) is 4.82. The molecule has 3 unspecified atom stereocenters. The van der Waals surface area contributed by atoms with Crippen molar-refractivity contribution in [3.63, 3.8) is 0 Å². The van der Waals surface area contributed by atoms with Gasteiger partial charge in [0.1, 0.15) is 11.6 Å². The third-order valence-electron chi connectivity index (χ3n) is 4.82. The van der Waals surface area contributed by atoms with Crippen molar-refractivity contribution < 1.29 is 9.59 Å². The maximum atomic E-state index is 12.5. The van der Waals surface area contributed by atoms with Crippen LogP contribution in [0.25, 0.3) is 0 Å². The van der Waals surface area contributed by atoms with E-state index in [1.54, 1.807) is 4.90 Å².